The third-order valence-electron chi connectivity index (χ3n) is 4.38. The molecule has 0 unspecified atom stereocenters. The van der Waals surface area contributed by atoms with Crippen molar-refractivity contribution in [1.82, 2.24) is 19.6 Å². The van der Waals surface area contributed by atoms with E-state index in [2.05, 4.69) is 26.5 Å². The summed E-state index contributed by atoms with van der Waals surface area (Å²) in [6.45, 7) is 1.58. The van der Waals surface area contributed by atoms with E-state index in [0.717, 1.165) is 16.8 Å². The molecule has 3 heterocycles. The number of pyridine rings is 1. The van der Waals surface area contributed by atoms with Crippen molar-refractivity contribution in [3.63, 3.8) is 0 Å². The molecule has 3 aromatic heterocycles. The molecule has 0 aliphatic carbocycles. The summed E-state index contributed by atoms with van der Waals surface area (Å²) in [7, 11) is 0. The van der Waals surface area contributed by atoms with Crippen LogP contribution in [0.5, 0.6) is 0 Å². The van der Waals surface area contributed by atoms with Gasteiger partial charge in [-0.1, -0.05) is 23.7 Å². The Morgan fingerprint density at radius 3 is 2.80 bits per heavy atom. The van der Waals surface area contributed by atoms with Crippen molar-refractivity contribution in [3.8, 4) is 28.5 Å². The number of carboxylic acid groups (broad SMARTS) is 1. The van der Waals surface area contributed by atoms with Crippen LogP contribution in [0.4, 0.5) is 5.82 Å². The summed E-state index contributed by atoms with van der Waals surface area (Å²) in [5, 5.41) is 26.0. The highest BCUT2D eigenvalue weighted by molar-refractivity contribution is 6.29. The number of hydrogen-bond acceptors (Lipinski definition) is 6. The van der Waals surface area contributed by atoms with E-state index in [0.29, 0.717) is 33.4 Å². The molecule has 0 radical (unpaired) electrons. The van der Waals surface area contributed by atoms with Gasteiger partial charge >= 0.3 is 5.97 Å². The van der Waals surface area contributed by atoms with E-state index < -0.39 is 5.97 Å². The molecule has 9 heteroatoms. The van der Waals surface area contributed by atoms with Crippen molar-refractivity contribution in [1.29, 1.82) is 5.26 Å². The fraction of sp³-hybridized carbons (Fsp3) is 0.0952. The van der Waals surface area contributed by atoms with Gasteiger partial charge in [0.15, 0.2) is 5.65 Å². The van der Waals surface area contributed by atoms with Gasteiger partial charge in [0.1, 0.15) is 23.2 Å². The summed E-state index contributed by atoms with van der Waals surface area (Å²) in [5.74, 6) is -0.587. The Morgan fingerprint density at radius 1 is 1.23 bits per heavy atom. The molecule has 0 bridgehead atoms. The number of aromatic nitrogens is 4. The van der Waals surface area contributed by atoms with E-state index in [1.165, 1.54) is 0 Å². The fourth-order valence-electron chi connectivity index (χ4n) is 3.17. The summed E-state index contributed by atoms with van der Waals surface area (Å²) < 4.78 is 1.61. The Labute approximate surface area is 176 Å². The minimum atomic E-state index is -0.990. The molecule has 30 heavy (non-hydrogen) atoms. The predicted molar refractivity (Wildman–Crippen MR) is 112 cm³/mol. The second kappa shape index (κ2) is 7.81. The molecule has 4 aromatic rings. The number of nitrogens with zero attached hydrogens (tertiary/aromatic N) is 5. The molecular weight excluding hydrogens is 404 g/mol. The first-order valence-electron chi connectivity index (χ1n) is 8.95. The number of aryl methyl sites for hydroxylation is 1. The van der Waals surface area contributed by atoms with Gasteiger partial charge in [0.05, 0.1) is 17.2 Å². The third-order valence-corrected chi connectivity index (χ3v) is 4.58. The quantitative estimate of drug-likeness (QED) is 0.473. The lowest BCUT2D eigenvalue weighted by atomic mass is 10.00. The number of halogens is 1. The number of nitriles is 1. The Hall–Kier alpha value is -3.96. The molecule has 2 N–H and O–H groups in total. The highest BCUT2D eigenvalue weighted by atomic mass is 35.5. The van der Waals surface area contributed by atoms with Crippen LogP contribution in [-0.2, 0) is 4.79 Å². The number of aliphatic carboxylic acids is 1. The molecule has 0 fully saturated rings. The first-order valence-corrected chi connectivity index (χ1v) is 9.32. The number of hydrogen-bond donors (Lipinski definition) is 2. The first kappa shape index (κ1) is 19.4. The highest BCUT2D eigenvalue weighted by Crippen LogP contribution is 2.36. The lowest BCUT2D eigenvalue weighted by molar-refractivity contribution is -0.134. The molecule has 0 aliphatic heterocycles. The van der Waals surface area contributed by atoms with E-state index in [9.17, 15) is 10.1 Å². The van der Waals surface area contributed by atoms with E-state index in [-0.39, 0.29) is 6.54 Å². The van der Waals surface area contributed by atoms with Gasteiger partial charge in [0, 0.05) is 17.5 Å². The Kier molecular flexibility index (Phi) is 5.04. The Morgan fingerprint density at radius 2 is 2.07 bits per heavy atom. The van der Waals surface area contributed by atoms with Gasteiger partial charge in [0.25, 0.3) is 0 Å². The van der Waals surface area contributed by atoms with Crippen LogP contribution in [0, 0.1) is 18.3 Å². The van der Waals surface area contributed by atoms with Gasteiger partial charge in [-0.25, -0.2) is 14.5 Å². The number of nitrogens with one attached hydrogen (secondary N) is 1. The fourth-order valence-corrected chi connectivity index (χ4v) is 3.42. The van der Waals surface area contributed by atoms with Crippen LogP contribution in [0.15, 0.2) is 48.7 Å². The molecule has 0 spiro atoms. The second-order valence-corrected chi connectivity index (χ2v) is 6.95. The minimum Gasteiger partial charge on any atom is -0.480 e. The van der Waals surface area contributed by atoms with Crippen molar-refractivity contribution in [3.05, 3.63) is 65.1 Å². The van der Waals surface area contributed by atoms with Crippen LogP contribution in [0.2, 0.25) is 5.15 Å². The zero-order valence-corrected chi connectivity index (χ0v) is 16.6. The molecule has 0 saturated heterocycles. The monoisotopic (exact) mass is 418 g/mol. The number of rotatable bonds is 5. The topological polar surface area (TPSA) is 116 Å². The maximum Gasteiger partial charge on any atom is 0.322 e. The molecule has 8 nitrogen and oxygen atoms in total. The van der Waals surface area contributed by atoms with E-state index >= 15 is 0 Å². The van der Waals surface area contributed by atoms with Crippen LogP contribution in [0.1, 0.15) is 11.3 Å². The first-order chi connectivity index (χ1) is 14.4. The molecule has 148 valence electrons. The molecule has 0 saturated carbocycles. The number of anilines is 1. The van der Waals surface area contributed by atoms with Crippen molar-refractivity contribution in [2.24, 2.45) is 0 Å². The van der Waals surface area contributed by atoms with Gasteiger partial charge in [-0.15, -0.1) is 0 Å². The SMILES string of the molecule is Cc1cc(-c2c(-c3cccc(C#N)c3)nn3ccc(NCC(=O)O)nc23)cc(Cl)n1. The highest BCUT2D eigenvalue weighted by Gasteiger charge is 2.19. The Balaban J connectivity index is 1.98. The average molecular weight is 419 g/mol. The Bertz CT molecular complexity index is 1300. The van der Waals surface area contributed by atoms with Crippen molar-refractivity contribution in [2.45, 2.75) is 6.92 Å². The average Bonchev–Trinajstić information content (AvgIpc) is 3.10. The predicted octanol–water partition coefficient (Wildman–Crippen LogP) is 3.79. The molecule has 0 aliphatic rings. The van der Waals surface area contributed by atoms with Crippen LogP contribution in [0.3, 0.4) is 0 Å². The number of carbonyl (C=O) groups is 1. The third kappa shape index (κ3) is 3.79. The minimum absolute atomic E-state index is 0.260. The molecular formula is C21H15ClN6O2. The van der Waals surface area contributed by atoms with E-state index in [1.807, 2.05) is 19.1 Å². The molecule has 0 amide bonds. The standard InChI is InChI=1S/C21H15ClN6O2/c1-12-7-15(9-16(22)25-12)19-20(14-4-2-3-13(8-14)10-23)27-28-6-5-17(26-21(19)28)24-11-18(29)30/h2-9H,11H2,1H3,(H,24,26)(H,29,30). The number of fused-ring (bicyclic) bond motifs is 1. The van der Waals surface area contributed by atoms with Crippen LogP contribution in [-0.4, -0.2) is 37.2 Å². The molecule has 4 rings (SSSR count). The summed E-state index contributed by atoms with van der Waals surface area (Å²) >= 11 is 6.20. The largest absolute Gasteiger partial charge is 0.480 e. The summed E-state index contributed by atoms with van der Waals surface area (Å²) in [6, 6.07) is 14.5. The lowest BCUT2D eigenvalue weighted by Gasteiger charge is -2.07. The maximum absolute atomic E-state index is 10.9. The van der Waals surface area contributed by atoms with E-state index in [4.69, 9.17) is 16.7 Å². The van der Waals surface area contributed by atoms with Gasteiger partial charge in [-0.2, -0.15) is 10.4 Å². The number of benzene rings is 1. The van der Waals surface area contributed by atoms with Gasteiger partial charge in [-0.3, -0.25) is 4.79 Å². The summed E-state index contributed by atoms with van der Waals surface area (Å²) in [6.07, 6.45) is 1.70. The molecule has 1 aromatic carbocycles. The van der Waals surface area contributed by atoms with Crippen LogP contribution >= 0.6 is 11.6 Å². The van der Waals surface area contributed by atoms with Crippen LogP contribution < -0.4 is 5.32 Å². The van der Waals surface area contributed by atoms with Gasteiger partial charge < -0.3 is 10.4 Å². The zero-order chi connectivity index (χ0) is 21.3. The summed E-state index contributed by atoms with van der Waals surface area (Å²) in [4.78, 5) is 19.7. The molecule has 0 atom stereocenters. The van der Waals surface area contributed by atoms with Crippen molar-refractivity contribution >= 4 is 29.0 Å². The maximum atomic E-state index is 10.9. The van der Waals surface area contributed by atoms with Crippen molar-refractivity contribution < 1.29 is 9.90 Å². The van der Waals surface area contributed by atoms with Gasteiger partial charge in [-0.05, 0) is 42.8 Å². The van der Waals surface area contributed by atoms with E-state index in [1.54, 1.807) is 41.0 Å². The van der Waals surface area contributed by atoms with Crippen LogP contribution in [0.25, 0.3) is 28.0 Å². The lowest BCUT2D eigenvalue weighted by Crippen LogP contribution is -2.13. The normalized spacial score (nSPS) is 10.7. The second-order valence-electron chi connectivity index (χ2n) is 6.56. The smallest absolute Gasteiger partial charge is 0.322 e. The summed E-state index contributed by atoms with van der Waals surface area (Å²) in [5.41, 5.74) is 4.60. The van der Waals surface area contributed by atoms with Crippen molar-refractivity contribution in [2.75, 3.05) is 11.9 Å². The number of carboxylic acids is 1. The zero-order valence-electron chi connectivity index (χ0n) is 15.8. The van der Waals surface area contributed by atoms with Gasteiger partial charge in [0.2, 0.25) is 0 Å².